The van der Waals surface area contributed by atoms with Crippen LogP contribution in [0.3, 0.4) is 0 Å². The Labute approximate surface area is 51.4 Å². The minimum atomic E-state index is -5.17. The third-order valence-electron chi connectivity index (χ3n) is 0. The molecule has 0 amide bonds. The van der Waals surface area contributed by atoms with Gasteiger partial charge in [-0.15, -0.1) is 12.6 Å². The van der Waals surface area contributed by atoms with Crippen LogP contribution in [0.4, 0.5) is 3.89 Å². The maximum atomic E-state index is 10.2. The molecule has 0 bridgehead atoms. The van der Waals surface area contributed by atoms with Crippen LogP contribution in [0.25, 0.3) is 0 Å². The summed E-state index contributed by atoms with van der Waals surface area (Å²) in [7, 11) is -8.28. The number of rotatable bonds is 0. The third-order valence-corrected chi connectivity index (χ3v) is 0. The lowest BCUT2D eigenvalue weighted by atomic mass is 15.9. The van der Waals surface area contributed by atoms with Crippen molar-refractivity contribution in [2.45, 2.75) is 0 Å². The van der Waals surface area contributed by atoms with Crippen LogP contribution in [-0.4, -0.2) is 25.6 Å². The fourth-order valence-electron chi connectivity index (χ4n) is 0. The highest BCUT2D eigenvalue weighted by atomic mass is 32.3. The molecule has 0 saturated heterocycles. The van der Waals surface area contributed by atoms with Crippen LogP contribution >= 0.6 is 0 Å². The fraction of sp³-hybridized carbons (Fsp3) is 0. The van der Waals surface area contributed by atoms with Gasteiger partial charge in [0, 0.05) is 0 Å². The third kappa shape index (κ3) is 763. The van der Waals surface area contributed by atoms with Crippen molar-refractivity contribution in [3.63, 3.8) is 0 Å². The van der Waals surface area contributed by atoms with E-state index in [4.69, 9.17) is 25.6 Å². The fourth-order valence-corrected chi connectivity index (χ4v) is 0. The van der Waals surface area contributed by atoms with Gasteiger partial charge in [-0.2, -0.15) is 8.42 Å². The molecule has 0 spiro atoms. The van der Waals surface area contributed by atoms with Crippen molar-refractivity contribution < 1.29 is 29.5 Å². The van der Waals surface area contributed by atoms with E-state index in [1.807, 2.05) is 0 Å². The van der Waals surface area contributed by atoms with Crippen LogP contribution in [0.2, 0.25) is 0 Å². The zero-order valence-corrected chi connectivity index (χ0v) is 5.32. The van der Waals surface area contributed by atoms with E-state index >= 15 is 0 Å². The van der Waals surface area contributed by atoms with Crippen molar-refractivity contribution in [1.29, 1.82) is 0 Å². The molecule has 0 aliphatic heterocycles. The maximum Gasteiger partial charge on any atom is 0.435 e. The molecule has 0 radical (unpaired) electrons. The maximum absolute atomic E-state index is 10.2. The molecule has 0 aromatic rings. The Morgan fingerprint density at radius 2 is 1.22 bits per heavy atom. The molecule has 0 aromatic heterocycles. The molecular formula is HFO6S2. The van der Waals surface area contributed by atoms with Gasteiger partial charge in [0.05, 0.1) is 0 Å². The highest BCUT2D eigenvalue weighted by Crippen LogP contribution is 1.74. The smallest absolute Gasteiger partial charge is 0.260 e. The van der Waals surface area contributed by atoms with Crippen molar-refractivity contribution >= 4 is 21.1 Å². The van der Waals surface area contributed by atoms with Crippen LogP contribution in [0.15, 0.2) is 0 Å². The molecule has 6 nitrogen and oxygen atoms in total. The first kappa shape index (κ1) is 11.3. The summed E-state index contributed by atoms with van der Waals surface area (Å²) in [6.07, 6.45) is 0. The summed E-state index contributed by atoms with van der Waals surface area (Å²) in [6.45, 7) is 0. The molecule has 0 aromatic carbocycles. The van der Waals surface area contributed by atoms with Gasteiger partial charge >= 0.3 is 21.1 Å². The van der Waals surface area contributed by atoms with E-state index in [9.17, 15) is 3.89 Å². The highest BCUT2D eigenvalue weighted by Gasteiger charge is 1.89. The second-order valence-corrected chi connectivity index (χ2v) is 1.85. The Hall–Kier alpha value is -0.540. The predicted octanol–water partition coefficient (Wildman–Crippen LogP) is -1.25. The van der Waals surface area contributed by atoms with Crippen molar-refractivity contribution in [3.05, 3.63) is 0 Å². The lowest BCUT2D eigenvalue weighted by Crippen LogP contribution is -1.80. The van der Waals surface area contributed by atoms with Crippen molar-refractivity contribution in [1.82, 2.24) is 0 Å². The number of hydrogen-bond donors (Lipinski definition) is 1. The number of hydrogen-bond acceptors (Lipinski definition) is 5. The number of halogens is 1. The average Bonchev–Trinajstić information content (AvgIpc) is 1.19. The largest absolute Gasteiger partial charge is 0.435 e. The molecule has 0 heterocycles. The second-order valence-electron chi connectivity index (χ2n) is 0.616. The van der Waals surface area contributed by atoms with Crippen LogP contribution in [-0.2, 0) is 21.1 Å². The Kier molecular flexibility index (Phi) is 5.45. The molecule has 0 rings (SSSR count). The van der Waals surface area contributed by atoms with Gasteiger partial charge in [0.2, 0.25) is 0 Å². The van der Waals surface area contributed by atoms with E-state index in [0.29, 0.717) is 0 Å². The first-order chi connectivity index (χ1) is 3.73. The predicted molar refractivity (Wildman–Crippen MR) is 22.4 cm³/mol. The summed E-state index contributed by atoms with van der Waals surface area (Å²) in [5.41, 5.74) is 0. The normalized spacial score (nSPS) is 9.11. The molecule has 0 saturated carbocycles. The lowest BCUT2D eigenvalue weighted by Gasteiger charge is -1.63. The van der Waals surface area contributed by atoms with E-state index in [1.54, 1.807) is 0 Å². The van der Waals surface area contributed by atoms with Crippen molar-refractivity contribution in [2.24, 2.45) is 0 Å². The monoisotopic (exact) mass is 180 g/mol. The average molecular weight is 180 g/mol. The standard InChI is InChI=1S/FHO3S.O3S/c1-5(2,3)4;1-4(2)3/h(H,2,3,4);. The second kappa shape index (κ2) is 4.35. The summed E-state index contributed by atoms with van der Waals surface area (Å²) in [5.74, 6) is 0. The SMILES string of the molecule is O=S(=O)(O)F.O=S(=O)=O. The molecule has 0 unspecified atom stereocenters. The van der Waals surface area contributed by atoms with Gasteiger partial charge < -0.3 is 0 Å². The Morgan fingerprint density at radius 1 is 1.22 bits per heavy atom. The molecular weight excluding hydrogens is 179 g/mol. The molecule has 0 atom stereocenters. The Bertz CT molecular complexity index is 224. The Balaban J connectivity index is 0. The van der Waals surface area contributed by atoms with Gasteiger partial charge in [-0.25, -0.2) is 0 Å². The van der Waals surface area contributed by atoms with Gasteiger partial charge in [0.1, 0.15) is 0 Å². The lowest BCUT2D eigenvalue weighted by molar-refractivity contribution is 0.435. The van der Waals surface area contributed by atoms with E-state index < -0.39 is 21.1 Å². The van der Waals surface area contributed by atoms with E-state index in [2.05, 4.69) is 0 Å². The zero-order chi connectivity index (χ0) is 8.08. The van der Waals surface area contributed by atoms with Gasteiger partial charge in [-0.1, -0.05) is 3.89 Å². The van der Waals surface area contributed by atoms with Gasteiger partial charge in [0.15, 0.2) is 0 Å². The van der Waals surface area contributed by atoms with Crippen LogP contribution in [0.1, 0.15) is 0 Å². The zero-order valence-electron chi connectivity index (χ0n) is 3.68. The molecule has 9 heteroatoms. The first-order valence-corrected chi connectivity index (χ1v) is 3.51. The minimum Gasteiger partial charge on any atom is -0.260 e. The Morgan fingerprint density at radius 3 is 1.22 bits per heavy atom. The topological polar surface area (TPSA) is 106 Å². The highest BCUT2D eigenvalue weighted by molar-refractivity contribution is 7.80. The van der Waals surface area contributed by atoms with Crippen LogP contribution in [0.5, 0.6) is 0 Å². The van der Waals surface area contributed by atoms with E-state index in [0.717, 1.165) is 0 Å². The van der Waals surface area contributed by atoms with Crippen molar-refractivity contribution in [2.75, 3.05) is 0 Å². The summed E-state index contributed by atoms with van der Waals surface area (Å²) in [5, 5.41) is 0. The quantitative estimate of drug-likeness (QED) is 0.369. The summed E-state index contributed by atoms with van der Waals surface area (Å²) in [4.78, 5) is 0. The molecule has 1 N–H and O–H groups in total. The summed E-state index contributed by atoms with van der Waals surface area (Å²) in [6, 6.07) is 0. The van der Waals surface area contributed by atoms with Gasteiger partial charge in [0.25, 0.3) is 0 Å². The van der Waals surface area contributed by atoms with E-state index in [1.165, 1.54) is 0 Å². The van der Waals surface area contributed by atoms with E-state index in [-0.39, 0.29) is 0 Å². The molecule has 0 aliphatic carbocycles. The van der Waals surface area contributed by atoms with Crippen LogP contribution < -0.4 is 0 Å². The van der Waals surface area contributed by atoms with Gasteiger partial charge in [-0.3, -0.25) is 4.55 Å². The summed E-state index contributed by atoms with van der Waals surface area (Å²) < 4.78 is 59.4. The molecule has 0 aliphatic rings. The summed E-state index contributed by atoms with van der Waals surface area (Å²) >= 11 is 0. The first-order valence-electron chi connectivity index (χ1n) is 1.17. The van der Waals surface area contributed by atoms with Gasteiger partial charge in [-0.05, 0) is 0 Å². The van der Waals surface area contributed by atoms with Crippen LogP contribution in [0, 0.1) is 0 Å². The minimum absolute atomic E-state index is 3.11. The molecule has 56 valence electrons. The molecule has 0 fully saturated rings. The van der Waals surface area contributed by atoms with Crippen molar-refractivity contribution in [3.8, 4) is 0 Å². The molecule has 9 heavy (non-hydrogen) atoms.